The normalized spacial score (nSPS) is 10.9. The number of thioether (sulfide) groups is 1. The van der Waals surface area contributed by atoms with E-state index >= 15 is 0 Å². The lowest BCUT2D eigenvalue weighted by Crippen LogP contribution is -2.00. The molecule has 0 bridgehead atoms. The van der Waals surface area contributed by atoms with Gasteiger partial charge >= 0.3 is 0 Å². The van der Waals surface area contributed by atoms with Gasteiger partial charge in [0.05, 0.1) is 16.7 Å². The van der Waals surface area contributed by atoms with Crippen LogP contribution < -0.4 is 5.32 Å². The second-order valence-corrected chi connectivity index (χ2v) is 5.40. The van der Waals surface area contributed by atoms with Gasteiger partial charge in [0.1, 0.15) is 0 Å². The fraction of sp³-hybridized carbons (Fsp3) is 0.231. The summed E-state index contributed by atoms with van der Waals surface area (Å²) < 4.78 is 0. The van der Waals surface area contributed by atoms with E-state index in [0.29, 0.717) is 11.8 Å². The van der Waals surface area contributed by atoms with Crippen LogP contribution in [0.25, 0.3) is 11.0 Å². The second kappa shape index (κ2) is 5.46. The van der Waals surface area contributed by atoms with Crippen LogP contribution in [0.4, 0.5) is 11.8 Å². The van der Waals surface area contributed by atoms with E-state index in [0.717, 1.165) is 27.6 Å². The van der Waals surface area contributed by atoms with Gasteiger partial charge in [0, 0.05) is 0 Å². The Balaban J connectivity index is 1.91. The van der Waals surface area contributed by atoms with Crippen LogP contribution in [0.2, 0.25) is 0 Å². The van der Waals surface area contributed by atoms with Crippen molar-refractivity contribution in [3.05, 3.63) is 30.0 Å². The molecule has 0 aliphatic carbocycles. The van der Waals surface area contributed by atoms with E-state index in [2.05, 4.69) is 37.4 Å². The summed E-state index contributed by atoms with van der Waals surface area (Å²) in [6, 6.07) is 7.78. The summed E-state index contributed by atoms with van der Waals surface area (Å²) in [6.07, 6.45) is 0. The quantitative estimate of drug-likeness (QED) is 0.718. The van der Waals surface area contributed by atoms with Gasteiger partial charge in [0.15, 0.2) is 5.82 Å². The molecule has 0 spiro atoms. The number of nitrogens with one attached hydrogen (secondary N) is 2. The number of hydrogen-bond acceptors (Lipinski definition) is 6. The van der Waals surface area contributed by atoms with E-state index in [9.17, 15) is 0 Å². The Hall–Kier alpha value is -2.15. The molecule has 102 valence electrons. The second-order valence-electron chi connectivity index (χ2n) is 4.17. The van der Waals surface area contributed by atoms with Crippen molar-refractivity contribution >= 4 is 34.6 Å². The van der Waals surface area contributed by atoms with Crippen LogP contribution in [0.5, 0.6) is 0 Å². The third-order valence-electron chi connectivity index (χ3n) is 2.72. The minimum absolute atomic E-state index is 0.577. The van der Waals surface area contributed by atoms with E-state index in [1.54, 1.807) is 11.8 Å². The topological polar surface area (TPSA) is 79.4 Å². The molecule has 2 aromatic heterocycles. The van der Waals surface area contributed by atoms with Gasteiger partial charge < -0.3 is 5.32 Å². The first-order valence-corrected chi connectivity index (χ1v) is 7.30. The lowest BCUT2D eigenvalue weighted by molar-refractivity contribution is 0.974. The van der Waals surface area contributed by atoms with Crippen molar-refractivity contribution in [3.8, 4) is 0 Å². The molecular formula is C13H14N6S. The van der Waals surface area contributed by atoms with Crippen molar-refractivity contribution in [2.75, 3.05) is 11.1 Å². The van der Waals surface area contributed by atoms with Crippen molar-refractivity contribution in [2.24, 2.45) is 0 Å². The molecule has 20 heavy (non-hydrogen) atoms. The smallest absolute Gasteiger partial charge is 0.225 e. The van der Waals surface area contributed by atoms with Gasteiger partial charge in [-0.2, -0.15) is 4.98 Å². The molecule has 0 atom stereocenters. The number of anilines is 2. The molecular weight excluding hydrogens is 272 g/mol. The number of nitrogens with zero attached hydrogens (tertiary/aromatic N) is 4. The predicted molar refractivity (Wildman–Crippen MR) is 80.3 cm³/mol. The maximum Gasteiger partial charge on any atom is 0.225 e. The first kappa shape index (κ1) is 12.9. The molecule has 0 radical (unpaired) electrons. The van der Waals surface area contributed by atoms with Gasteiger partial charge in [-0.25, -0.2) is 15.1 Å². The maximum absolute atomic E-state index is 4.56. The molecule has 0 fully saturated rings. The van der Waals surface area contributed by atoms with Crippen LogP contribution in [-0.2, 0) is 0 Å². The zero-order valence-corrected chi connectivity index (χ0v) is 12.0. The van der Waals surface area contributed by atoms with Crippen molar-refractivity contribution in [2.45, 2.75) is 19.0 Å². The van der Waals surface area contributed by atoms with E-state index in [4.69, 9.17) is 0 Å². The molecule has 0 aliphatic heterocycles. The van der Waals surface area contributed by atoms with Crippen LogP contribution in [0.15, 0.2) is 29.4 Å². The van der Waals surface area contributed by atoms with E-state index in [-0.39, 0.29) is 0 Å². The molecule has 0 aliphatic rings. The number of benzene rings is 1. The summed E-state index contributed by atoms with van der Waals surface area (Å²) >= 11 is 1.58. The van der Waals surface area contributed by atoms with Gasteiger partial charge in [-0.3, -0.25) is 0 Å². The average Bonchev–Trinajstić information content (AvgIpc) is 2.87. The zero-order chi connectivity index (χ0) is 13.9. The number of aromatic nitrogens is 5. The summed E-state index contributed by atoms with van der Waals surface area (Å²) in [6.45, 7) is 3.98. The average molecular weight is 286 g/mol. The van der Waals surface area contributed by atoms with Gasteiger partial charge in [0.25, 0.3) is 0 Å². The number of H-pyrrole nitrogens is 1. The summed E-state index contributed by atoms with van der Waals surface area (Å²) in [5, 5.41) is 10.8. The molecule has 0 unspecified atom stereocenters. The molecule has 7 heteroatoms. The molecule has 2 N–H and O–H groups in total. The van der Waals surface area contributed by atoms with Gasteiger partial charge in [-0.1, -0.05) is 30.8 Å². The summed E-state index contributed by atoms with van der Waals surface area (Å²) in [5.41, 5.74) is 2.56. The highest BCUT2D eigenvalue weighted by atomic mass is 32.2. The van der Waals surface area contributed by atoms with Crippen LogP contribution >= 0.6 is 11.8 Å². The zero-order valence-electron chi connectivity index (χ0n) is 11.2. The Bertz CT molecular complexity index is 739. The fourth-order valence-electron chi connectivity index (χ4n) is 1.81. The lowest BCUT2D eigenvalue weighted by Gasteiger charge is -2.06. The monoisotopic (exact) mass is 286 g/mol. The van der Waals surface area contributed by atoms with E-state index in [1.807, 2.05) is 31.2 Å². The van der Waals surface area contributed by atoms with Crippen LogP contribution in [0.1, 0.15) is 12.6 Å². The first-order chi connectivity index (χ1) is 9.76. The Kier molecular flexibility index (Phi) is 3.51. The minimum atomic E-state index is 0.577. The van der Waals surface area contributed by atoms with E-state index < -0.39 is 0 Å². The number of aryl methyl sites for hydroxylation is 1. The predicted octanol–water partition coefficient (Wildman–Crippen LogP) is 2.91. The highest BCUT2D eigenvalue weighted by Crippen LogP contribution is 2.20. The Morgan fingerprint density at radius 3 is 2.65 bits per heavy atom. The van der Waals surface area contributed by atoms with Crippen LogP contribution in [-0.4, -0.2) is 30.9 Å². The van der Waals surface area contributed by atoms with Crippen molar-refractivity contribution in [1.29, 1.82) is 0 Å². The summed E-state index contributed by atoms with van der Waals surface area (Å²) in [5.74, 6) is 2.20. The standard InChI is InChI=1S/C13H14N6S/c1-3-20-13-17-12(18-19-13)16-11-8(2)14-9-6-4-5-7-10(9)15-11/h4-7H,3H2,1-2H3,(H2,15,16,17,18,19). The number of para-hydroxylation sites is 2. The Labute approximate surface area is 120 Å². The molecule has 0 amide bonds. The third kappa shape index (κ3) is 2.57. The third-order valence-corrected chi connectivity index (χ3v) is 3.45. The molecule has 1 aromatic carbocycles. The van der Waals surface area contributed by atoms with Gasteiger partial charge in [0.2, 0.25) is 11.1 Å². The summed E-state index contributed by atoms with van der Waals surface area (Å²) in [7, 11) is 0. The Morgan fingerprint density at radius 2 is 1.90 bits per heavy atom. The number of hydrogen-bond donors (Lipinski definition) is 2. The van der Waals surface area contributed by atoms with Crippen molar-refractivity contribution in [1.82, 2.24) is 25.1 Å². The minimum Gasteiger partial charge on any atom is -0.308 e. The molecule has 6 nitrogen and oxygen atoms in total. The largest absolute Gasteiger partial charge is 0.308 e. The molecule has 3 aromatic rings. The first-order valence-electron chi connectivity index (χ1n) is 6.32. The molecule has 0 saturated heterocycles. The molecule has 2 heterocycles. The Morgan fingerprint density at radius 1 is 1.15 bits per heavy atom. The molecule has 0 saturated carbocycles. The van der Waals surface area contributed by atoms with Crippen molar-refractivity contribution in [3.63, 3.8) is 0 Å². The highest BCUT2D eigenvalue weighted by molar-refractivity contribution is 7.99. The molecule has 3 rings (SSSR count). The van der Waals surface area contributed by atoms with Crippen molar-refractivity contribution < 1.29 is 0 Å². The lowest BCUT2D eigenvalue weighted by atomic mass is 10.3. The van der Waals surface area contributed by atoms with Gasteiger partial charge in [-0.05, 0) is 24.8 Å². The highest BCUT2D eigenvalue weighted by Gasteiger charge is 2.08. The number of fused-ring (bicyclic) bond motifs is 1. The van der Waals surface area contributed by atoms with E-state index in [1.165, 1.54) is 0 Å². The van der Waals surface area contributed by atoms with Crippen LogP contribution in [0.3, 0.4) is 0 Å². The SMILES string of the molecule is CCSc1n[nH]c(Nc2nc3ccccc3nc2C)n1. The maximum atomic E-state index is 4.56. The fourth-order valence-corrected chi connectivity index (χ4v) is 2.34. The number of rotatable bonds is 4. The van der Waals surface area contributed by atoms with Gasteiger partial charge in [-0.15, -0.1) is 5.10 Å². The van der Waals surface area contributed by atoms with Crippen LogP contribution in [0, 0.1) is 6.92 Å². The number of aromatic amines is 1. The summed E-state index contributed by atoms with van der Waals surface area (Å²) in [4.78, 5) is 13.4.